The van der Waals surface area contributed by atoms with Gasteiger partial charge in [0.1, 0.15) is 20.2 Å². The van der Waals surface area contributed by atoms with Crippen molar-refractivity contribution in [2.75, 3.05) is 5.75 Å². The molecule has 1 saturated heterocycles. The fourth-order valence-electron chi connectivity index (χ4n) is 1.53. The third kappa shape index (κ3) is 4.59. The second-order valence-corrected chi connectivity index (χ2v) is 7.79. The number of carbonyl (C=O) groups is 1. The first-order valence-electron chi connectivity index (χ1n) is 5.67. The summed E-state index contributed by atoms with van der Waals surface area (Å²) in [4.78, 5) is 9.47. The second kappa shape index (κ2) is 6.37. The fraction of sp³-hybridized carbons (Fsp3) is 0.100. The molecule has 0 bridgehead atoms. The van der Waals surface area contributed by atoms with Crippen LogP contribution >= 0.6 is 11.8 Å². The highest BCUT2D eigenvalue weighted by atomic mass is 32.2. The monoisotopic (exact) mass is 377 g/mol. The first kappa shape index (κ1) is 17.6. The first-order chi connectivity index (χ1) is 10.6. The molecule has 1 amide bonds. The van der Waals surface area contributed by atoms with Gasteiger partial charge in [0, 0.05) is 5.56 Å². The second-order valence-electron chi connectivity index (χ2n) is 4.09. The maximum absolute atomic E-state index is 11.1. The molecule has 1 aliphatic rings. The molecular weight excluding hydrogens is 370 g/mol. The molecule has 0 aromatic heterocycles. The van der Waals surface area contributed by atoms with Gasteiger partial charge in [0.05, 0.1) is 21.8 Å². The predicted molar refractivity (Wildman–Crippen MR) is 78.0 cm³/mol. The Bertz CT molecular complexity index is 919. The summed E-state index contributed by atoms with van der Waals surface area (Å²) in [5.41, 5.74) is -0.407. The minimum atomic E-state index is -4.92. The van der Waals surface area contributed by atoms with Crippen LogP contribution in [-0.4, -0.2) is 49.0 Å². The predicted octanol–water partition coefficient (Wildman–Crippen LogP) is -0.952. The van der Waals surface area contributed by atoms with E-state index in [1.54, 1.807) is 0 Å². The number of benzene rings is 1. The summed E-state index contributed by atoms with van der Waals surface area (Å²) in [6.07, 6.45) is 0.803. The van der Waals surface area contributed by atoms with E-state index in [2.05, 4.69) is 15.5 Å². The number of hydrogen-bond acceptors (Lipinski definition) is 10. The highest BCUT2D eigenvalue weighted by molar-refractivity contribution is 8.15. The third-order valence-corrected chi connectivity index (χ3v) is 5.08. The number of nitrogens with one attached hydrogen (secondary N) is 1. The molecule has 0 spiro atoms. The zero-order valence-corrected chi connectivity index (χ0v) is 13.4. The van der Waals surface area contributed by atoms with Crippen molar-refractivity contribution in [1.29, 1.82) is 0 Å². The van der Waals surface area contributed by atoms with Crippen LogP contribution in [-0.2, 0) is 25.0 Å². The minimum Gasteiger partial charge on any atom is -0.744 e. The summed E-state index contributed by atoms with van der Waals surface area (Å²) in [5, 5.41) is 9.57. The van der Waals surface area contributed by atoms with E-state index < -0.39 is 35.6 Å². The summed E-state index contributed by atoms with van der Waals surface area (Å²) in [5.74, 6) is -0.135. The average Bonchev–Trinajstić information content (AvgIpc) is 2.82. The number of nitrogens with zero attached hydrogens (tertiary/aromatic N) is 2. The van der Waals surface area contributed by atoms with Crippen LogP contribution in [0.15, 0.2) is 38.2 Å². The normalized spacial score (nSPS) is 17.8. The van der Waals surface area contributed by atoms with Gasteiger partial charge in [-0.15, -0.1) is 5.10 Å². The topological polar surface area (TPSA) is 168 Å². The number of carbonyl (C=O) groups excluding carboxylic acids is 1. The van der Waals surface area contributed by atoms with E-state index in [4.69, 9.17) is 0 Å². The molecular formula is C10H7N3O7S3-2. The van der Waals surface area contributed by atoms with Crippen molar-refractivity contribution < 1.29 is 30.7 Å². The van der Waals surface area contributed by atoms with Gasteiger partial charge in [0.25, 0.3) is 0 Å². The number of amidine groups is 1. The molecule has 2 rings (SSSR count). The van der Waals surface area contributed by atoms with Gasteiger partial charge in [-0.1, -0.05) is 11.8 Å². The highest BCUT2D eigenvalue weighted by Crippen LogP contribution is 2.19. The van der Waals surface area contributed by atoms with Crippen LogP contribution in [0.1, 0.15) is 5.56 Å². The van der Waals surface area contributed by atoms with Crippen LogP contribution in [0.3, 0.4) is 0 Å². The molecule has 1 aromatic carbocycles. The van der Waals surface area contributed by atoms with Crippen LogP contribution in [0.5, 0.6) is 0 Å². The summed E-state index contributed by atoms with van der Waals surface area (Å²) in [6, 6.07) is 2.12. The van der Waals surface area contributed by atoms with Crippen molar-refractivity contribution in [1.82, 2.24) is 5.32 Å². The van der Waals surface area contributed by atoms with E-state index in [1.165, 1.54) is 0 Å². The van der Waals surface area contributed by atoms with E-state index in [-0.39, 0.29) is 16.8 Å². The molecule has 1 aromatic rings. The lowest BCUT2D eigenvalue weighted by Crippen LogP contribution is -2.19. The summed E-state index contributed by atoms with van der Waals surface area (Å²) >= 11 is 1.05. The molecule has 0 atom stereocenters. The quantitative estimate of drug-likeness (QED) is 0.398. The van der Waals surface area contributed by atoms with Gasteiger partial charge < -0.3 is 14.4 Å². The molecule has 1 fully saturated rings. The van der Waals surface area contributed by atoms with Crippen molar-refractivity contribution in [2.45, 2.75) is 9.79 Å². The summed E-state index contributed by atoms with van der Waals surface area (Å²) in [6.45, 7) is 0. The average molecular weight is 377 g/mol. The maximum atomic E-state index is 11.1. The molecule has 0 saturated carbocycles. The van der Waals surface area contributed by atoms with Crippen LogP contribution < -0.4 is 5.32 Å². The number of hydrogen-bond donors (Lipinski definition) is 1. The molecule has 0 unspecified atom stereocenters. The van der Waals surface area contributed by atoms with E-state index in [9.17, 15) is 30.7 Å². The van der Waals surface area contributed by atoms with E-state index in [0.29, 0.717) is 18.2 Å². The first-order valence-corrected chi connectivity index (χ1v) is 9.47. The van der Waals surface area contributed by atoms with Gasteiger partial charge in [0.15, 0.2) is 5.17 Å². The molecule has 23 heavy (non-hydrogen) atoms. The fourth-order valence-corrected chi connectivity index (χ4v) is 3.31. The van der Waals surface area contributed by atoms with Gasteiger partial charge in [-0.05, 0) is 18.2 Å². The molecule has 0 aliphatic carbocycles. The molecule has 10 nitrogen and oxygen atoms in total. The Morgan fingerprint density at radius 2 is 1.87 bits per heavy atom. The Hall–Kier alpha value is -1.80. The van der Waals surface area contributed by atoms with Crippen molar-refractivity contribution in [3.05, 3.63) is 23.8 Å². The van der Waals surface area contributed by atoms with E-state index >= 15 is 0 Å². The number of thioether (sulfide) groups is 1. The highest BCUT2D eigenvalue weighted by Gasteiger charge is 2.16. The van der Waals surface area contributed by atoms with E-state index in [0.717, 1.165) is 18.0 Å². The largest absolute Gasteiger partial charge is 0.744 e. The van der Waals surface area contributed by atoms with Gasteiger partial charge in [-0.3, -0.25) is 4.79 Å². The van der Waals surface area contributed by atoms with Crippen molar-refractivity contribution in [2.24, 2.45) is 10.2 Å². The Morgan fingerprint density at radius 3 is 2.39 bits per heavy atom. The molecule has 1 heterocycles. The van der Waals surface area contributed by atoms with E-state index in [1.807, 2.05) is 0 Å². The van der Waals surface area contributed by atoms with Crippen LogP contribution in [0.25, 0.3) is 0 Å². The lowest BCUT2D eigenvalue weighted by molar-refractivity contribution is -0.116. The summed E-state index contributed by atoms with van der Waals surface area (Å²) in [7, 11) is -9.76. The Kier molecular flexibility index (Phi) is 4.86. The molecule has 1 N–H and O–H groups in total. The summed E-state index contributed by atoms with van der Waals surface area (Å²) < 4.78 is 66.3. The standard InChI is InChI=1S/C10H9N3O7S3/c14-9-5-21-10(12-9)13-11-4-6-3-7(22(15,16)17)1-2-8(6)23(18,19)20/h1-4H,5H2,(H,12,13,14)(H,15,16,17)(H,18,19,20)/p-2. The lowest BCUT2D eigenvalue weighted by Gasteiger charge is -2.13. The van der Waals surface area contributed by atoms with Gasteiger partial charge in [0.2, 0.25) is 5.91 Å². The molecule has 124 valence electrons. The number of rotatable bonds is 4. The van der Waals surface area contributed by atoms with Gasteiger partial charge in [-0.25, -0.2) is 16.8 Å². The van der Waals surface area contributed by atoms with Crippen molar-refractivity contribution in [3.8, 4) is 0 Å². The maximum Gasteiger partial charge on any atom is 0.236 e. The van der Waals surface area contributed by atoms with Crippen molar-refractivity contribution >= 4 is 49.3 Å². The zero-order valence-electron chi connectivity index (χ0n) is 11.0. The SMILES string of the molecule is O=C1CSC(=NN=Cc2cc(S(=O)(=O)[O-])ccc2S(=O)(=O)[O-])N1. The Morgan fingerprint density at radius 1 is 1.17 bits per heavy atom. The third-order valence-electron chi connectivity index (χ3n) is 2.47. The minimum absolute atomic E-state index is 0.151. The van der Waals surface area contributed by atoms with Crippen LogP contribution in [0.2, 0.25) is 0 Å². The Balaban J connectivity index is 2.44. The van der Waals surface area contributed by atoms with Crippen LogP contribution in [0.4, 0.5) is 0 Å². The zero-order chi connectivity index (χ0) is 17.3. The molecule has 0 radical (unpaired) electrons. The Labute approximate surface area is 135 Å². The smallest absolute Gasteiger partial charge is 0.236 e. The lowest BCUT2D eigenvalue weighted by atomic mass is 10.2. The van der Waals surface area contributed by atoms with Crippen LogP contribution in [0, 0.1) is 0 Å². The molecule has 13 heteroatoms. The van der Waals surface area contributed by atoms with Crippen molar-refractivity contribution in [3.63, 3.8) is 0 Å². The van der Waals surface area contributed by atoms with Gasteiger partial charge in [-0.2, -0.15) is 5.10 Å². The van der Waals surface area contributed by atoms with Gasteiger partial charge >= 0.3 is 0 Å². The number of amides is 1. The molecule has 1 aliphatic heterocycles.